The SMILES string of the molecule is CC1(C)ONC2OCCC2O1. The highest BCUT2D eigenvalue weighted by Gasteiger charge is 2.40. The Labute approximate surface area is 65.8 Å². The highest BCUT2D eigenvalue weighted by atomic mass is 16.8. The topological polar surface area (TPSA) is 39.7 Å². The van der Waals surface area contributed by atoms with Crippen LogP contribution in [0.4, 0.5) is 0 Å². The molecule has 0 aromatic heterocycles. The molecule has 0 saturated carbocycles. The first-order chi connectivity index (χ1) is 5.17. The van der Waals surface area contributed by atoms with Crippen molar-refractivity contribution in [2.24, 2.45) is 0 Å². The summed E-state index contributed by atoms with van der Waals surface area (Å²) in [4.78, 5) is 5.18. The first kappa shape index (κ1) is 7.49. The number of hydrogen-bond donors (Lipinski definition) is 1. The van der Waals surface area contributed by atoms with Gasteiger partial charge in [-0.25, -0.2) is 0 Å². The van der Waals surface area contributed by atoms with Gasteiger partial charge in [-0.2, -0.15) is 5.48 Å². The Morgan fingerprint density at radius 1 is 1.45 bits per heavy atom. The van der Waals surface area contributed by atoms with Crippen molar-refractivity contribution in [2.45, 2.75) is 38.4 Å². The molecule has 0 amide bonds. The Morgan fingerprint density at radius 3 is 3.09 bits per heavy atom. The van der Waals surface area contributed by atoms with Gasteiger partial charge in [0.2, 0.25) is 0 Å². The molecule has 4 heteroatoms. The normalized spacial score (nSPS) is 42.0. The van der Waals surface area contributed by atoms with E-state index in [4.69, 9.17) is 14.3 Å². The van der Waals surface area contributed by atoms with E-state index in [-0.39, 0.29) is 12.3 Å². The zero-order valence-corrected chi connectivity index (χ0v) is 6.79. The maximum Gasteiger partial charge on any atom is 0.182 e. The second-order valence-electron chi connectivity index (χ2n) is 3.36. The van der Waals surface area contributed by atoms with Crippen LogP contribution in [0.5, 0.6) is 0 Å². The molecule has 0 aromatic carbocycles. The van der Waals surface area contributed by atoms with Crippen LogP contribution in [0.3, 0.4) is 0 Å². The monoisotopic (exact) mass is 159 g/mol. The van der Waals surface area contributed by atoms with Crippen molar-refractivity contribution in [1.82, 2.24) is 5.48 Å². The summed E-state index contributed by atoms with van der Waals surface area (Å²) in [5, 5.41) is 0. The lowest BCUT2D eigenvalue weighted by Gasteiger charge is -2.36. The predicted octanol–water partition coefficient (Wildman–Crippen LogP) is 0.389. The first-order valence-corrected chi connectivity index (χ1v) is 3.90. The zero-order valence-electron chi connectivity index (χ0n) is 6.79. The summed E-state index contributed by atoms with van der Waals surface area (Å²) in [5.41, 5.74) is 2.82. The molecule has 0 aliphatic carbocycles. The fourth-order valence-electron chi connectivity index (χ4n) is 1.39. The number of ether oxygens (including phenoxy) is 2. The van der Waals surface area contributed by atoms with Gasteiger partial charge in [-0.3, -0.25) is 4.84 Å². The smallest absolute Gasteiger partial charge is 0.182 e. The van der Waals surface area contributed by atoms with Crippen molar-refractivity contribution in [2.75, 3.05) is 6.61 Å². The van der Waals surface area contributed by atoms with E-state index >= 15 is 0 Å². The fraction of sp³-hybridized carbons (Fsp3) is 1.00. The molecule has 2 heterocycles. The minimum absolute atomic E-state index is 0.0666. The van der Waals surface area contributed by atoms with Gasteiger partial charge < -0.3 is 9.47 Å². The molecule has 64 valence electrons. The van der Waals surface area contributed by atoms with Crippen LogP contribution in [0.2, 0.25) is 0 Å². The molecule has 2 fully saturated rings. The van der Waals surface area contributed by atoms with Gasteiger partial charge in [-0.15, -0.1) is 0 Å². The van der Waals surface area contributed by atoms with Crippen molar-refractivity contribution < 1.29 is 14.3 Å². The van der Waals surface area contributed by atoms with Crippen LogP contribution in [0.1, 0.15) is 20.3 Å². The van der Waals surface area contributed by atoms with Crippen molar-refractivity contribution in [1.29, 1.82) is 0 Å². The van der Waals surface area contributed by atoms with Crippen LogP contribution in [0.15, 0.2) is 0 Å². The van der Waals surface area contributed by atoms with Crippen LogP contribution in [-0.4, -0.2) is 24.7 Å². The summed E-state index contributed by atoms with van der Waals surface area (Å²) in [6.07, 6.45) is 1.03. The van der Waals surface area contributed by atoms with Gasteiger partial charge in [-0.1, -0.05) is 0 Å². The maximum absolute atomic E-state index is 5.59. The Morgan fingerprint density at radius 2 is 2.27 bits per heavy atom. The minimum atomic E-state index is -0.519. The highest BCUT2D eigenvalue weighted by molar-refractivity contribution is 4.77. The Bertz CT molecular complexity index is 160. The van der Waals surface area contributed by atoms with Crippen molar-refractivity contribution in [3.8, 4) is 0 Å². The molecule has 4 nitrogen and oxygen atoms in total. The van der Waals surface area contributed by atoms with Crippen LogP contribution < -0.4 is 5.48 Å². The van der Waals surface area contributed by atoms with Gasteiger partial charge in [0.25, 0.3) is 0 Å². The molecule has 11 heavy (non-hydrogen) atoms. The summed E-state index contributed by atoms with van der Waals surface area (Å²) in [5.74, 6) is -0.519. The molecular weight excluding hydrogens is 146 g/mol. The molecule has 2 rings (SSSR count). The number of hydroxylamine groups is 1. The molecule has 0 bridgehead atoms. The summed E-state index contributed by atoms with van der Waals surface area (Å²) in [6, 6.07) is 0. The zero-order chi connectivity index (χ0) is 7.90. The van der Waals surface area contributed by atoms with E-state index in [0.717, 1.165) is 13.0 Å². The molecule has 0 aromatic rings. The van der Waals surface area contributed by atoms with Crippen LogP contribution in [0, 0.1) is 0 Å². The molecule has 2 aliphatic rings. The average molecular weight is 159 g/mol. The summed E-state index contributed by atoms with van der Waals surface area (Å²) in [6.45, 7) is 4.52. The summed E-state index contributed by atoms with van der Waals surface area (Å²) >= 11 is 0. The minimum Gasteiger partial charge on any atom is -0.358 e. The lowest BCUT2D eigenvalue weighted by molar-refractivity contribution is -0.335. The Balaban J connectivity index is 2.02. The largest absolute Gasteiger partial charge is 0.358 e. The number of rotatable bonds is 0. The van der Waals surface area contributed by atoms with E-state index in [0.29, 0.717) is 0 Å². The quantitative estimate of drug-likeness (QED) is 0.555. The molecule has 1 N–H and O–H groups in total. The van der Waals surface area contributed by atoms with E-state index in [2.05, 4.69) is 5.48 Å². The van der Waals surface area contributed by atoms with Crippen molar-refractivity contribution in [3.05, 3.63) is 0 Å². The Hall–Kier alpha value is -0.160. The molecule has 0 spiro atoms. The maximum atomic E-state index is 5.59. The van der Waals surface area contributed by atoms with E-state index in [9.17, 15) is 0 Å². The third-order valence-electron chi connectivity index (χ3n) is 1.89. The van der Waals surface area contributed by atoms with Gasteiger partial charge in [0.05, 0.1) is 6.61 Å². The predicted molar refractivity (Wildman–Crippen MR) is 37.5 cm³/mol. The van der Waals surface area contributed by atoms with Crippen LogP contribution in [0.25, 0.3) is 0 Å². The van der Waals surface area contributed by atoms with Crippen molar-refractivity contribution in [3.63, 3.8) is 0 Å². The first-order valence-electron chi connectivity index (χ1n) is 3.90. The number of fused-ring (bicyclic) bond motifs is 1. The highest BCUT2D eigenvalue weighted by Crippen LogP contribution is 2.26. The third-order valence-corrected chi connectivity index (χ3v) is 1.89. The standard InChI is InChI=1S/C7H13NO3/c1-7(2)10-5-3-4-9-6(5)8-11-7/h5-6,8H,3-4H2,1-2H3. The molecule has 2 saturated heterocycles. The summed E-state index contributed by atoms with van der Waals surface area (Å²) < 4.78 is 10.9. The lowest BCUT2D eigenvalue weighted by Crippen LogP contribution is -2.53. The lowest BCUT2D eigenvalue weighted by atomic mass is 10.2. The molecule has 2 atom stereocenters. The molecule has 0 radical (unpaired) electrons. The van der Waals surface area contributed by atoms with Gasteiger partial charge >= 0.3 is 0 Å². The van der Waals surface area contributed by atoms with Gasteiger partial charge in [0.15, 0.2) is 12.0 Å². The molecule has 2 aliphatic heterocycles. The third kappa shape index (κ3) is 1.39. The molecular formula is C7H13NO3. The van der Waals surface area contributed by atoms with Crippen LogP contribution in [-0.2, 0) is 14.3 Å². The van der Waals surface area contributed by atoms with Gasteiger partial charge in [0.1, 0.15) is 6.10 Å². The Kier molecular flexibility index (Phi) is 1.64. The van der Waals surface area contributed by atoms with Crippen LogP contribution >= 0.6 is 0 Å². The van der Waals surface area contributed by atoms with E-state index < -0.39 is 5.79 Å². The second-order valence-corrected chi connectivity index (χ2v) is 3.36. The van der Waals surface area contributed by atoms with E-state index in [1.807, 2.05) is 13.8 Å². The van der Waals surface area contributed by atoms with E-state index in [1.165, 1.54) is 0 Å². The van der Waals surface area contributed by atoms with E-state index in [1.54, 1.807) is 0 Å². The fourth-order valence-corrected chi connectivity index (χ4v) is 1.39. The number of nitrogens with one attached hydrogen (secondary N) is 1. The molecule has 2 unspecified atom stereocenters. The van der Waals surface area contributed by atoms with Gasteiger partial charge in [0, 0.05) is 6.42 Å². The average Bonchev–Trinajstić information content (AvgIpc) is 2.31. The number of hydrogen-bond acceptors (Lipinski definition) is 4. The van der Waals surface area contributed by atoms with Crippen molar-refractivity contribution >= 4 is 0 Å². The second kappa shape index (κ2) is 2.42. The van der Waals surface area contributed by atoms with Gasteiger partial charge in [-0.05, 0) is 13.8 Å². The summed E-state index contributed by atoms with van der Waals surface area (Å²) in [7, 11) is 0.